The lowest BCUT2D eigenvalue weighted by Gasteiger charge is -2.09. The van der Waals surface area contributed by atoms with Crippen LogP contribution in [0.15, 0.2) is 21.1 Å². The molecular formula is C10H2Br2ClF3N4. The Morgan fingerprint density at radius 2 is 1.85 bits per heavy atom. The van der Waals surface area contributed by atoms with E-state index in [1.54, 1.807) is 6.07 Å². The van der Waals surface area contributed by atoms with Crippen molar-refractivity contribution in [1.82, 2.24) is 19.6 Å². The van der Waals surface area contributed by atoms with E-state index in [4.69, 9.17) is 11.6 Å². The van der Waals surface area contributed by atoms with Crippen LogP contribution in [0.3, 0.4) is 0 Å². The van der Waals surface area contributed by atoms with Gasteiger partial charge in [0.1, 0.15) is 5.52 Å². The first-order valence-corrected chi connectivity index (χ1v) is 7.02. The lowest BCUT2D eigenvalue weighted by molar-refractivity contribution is -0.145. The average Bonchev–Trinajstić information content (AvgIpc) is 2.76. The quantitative estimate of drug-likeness (QED) is 0.529. The molecule has 2 aromatic heterocycles. The van der Waals surface area contributed by atoms with E-state index >= 15 is 0 Å². The second-order valence-corrected chi connectivity index (χ2v) is 5.97. The second-order valence-electron chi connectivity index (χ2n) is 3.84. The third-order valence-electron chi connectivity index (χ3n) is 2.56. The minimum absolute atomic E-state index is 0.142. The Kier molecular flexibility index (Phi) is 3.18. The van der Waals surface area contributed by atoms with Crippen molar-refractivity contribution in [2.75, 3.05) is 0 Å². The molecule has 10 heteroatoms. The summed E-state index contributed by atoms with van der Waals surface area (Å²) in [6.07, 6.45) is -4.65. The molecule has 0 saturated heterocycles. The molecular weight excluding hydrogens is 428 g/mol. The highest BCUT2D eigenvalue weighted by Crippen LogP contribution is 2.34. The highest BCUT2D eigenvalue weighted by atomic mass is 79.9. The summed E-state index contributed by atoms with van der Waals surface area (Å²) in [7, 11) is 0. The van der Waals surface area contributed by atoms with Gasteiger partial charge in [-0.1, -0.05) is 27.5 Å². The molecule has 0 aliphatic heterocycles. The van der Waals surface area contributed by atoms with E-state index in [9.17, 15) is 13.2 Å². The van der Waals surface area contributed by atoms with Gasteiger partial charge in [-0.05, 0) is 28.1 Å². The lowest BCUT2D eigenvalue weighted by atomic mass is 10.3. The van der Waals surface area contributed by atoms with Crippen molar-refractivity contribution in [1.29, 1.82) is 0 Å². The number of hydrogen-bond acceptors (Lipinski definition) is 3. The summed E-state index contributed by atoms with van der Waals surface area (Å²) in [5.41, 5.74) is 0.343. The summed E-state index contributed by atoms with van der Waals surface area (Å²) in [5, 5.41) is 6.48. The molecule has 0 amide bonds. The summed E-state index contributed by atoms with van der Waals surface area (Å²) < 4.78 is 40.9. The molecule has 3 rings (SSSR count). The average molecular weight is 430 g/mol. The maximum absolute atomic E-state index is 13.0. The van der Waals surface area contributed by atoms with Crippen LogP contribution in [0.2, 0.25) is 5.15 Å². The van der Waals surface area contributed by atoms with Gasteiger partial charge in [-0.3, -0.25) is 4.40 Å². The van der Waals surface area contributed by atoms with Crippen LogP contribution in [0.1, 0.15) is 5.82 Å². The van der Waals surface area contributed by atoms with E-state index in [2.05, 4.69) is 47.0 Å². The Morgan fingerprint density at radius 1 is 1.15 bits per heavy atom. The van der Waals surface area contributed by atoms with Crippen molar-refractivity contribution in [3.63, 3.8) is 0 Å². The molecule has 0 unspecified atom stereocenters. The first-order chi connectivity index (χ1) is 9.29. The van der Waals surface area contributed by atoms with Gasteiger partial charge in [-0.2, -0.15) is 13.2 Å². The molecule has 0 fully saturated rings. The number of fused-ring (bicyclic) bond motifs is 3. The van der Waals surface area contributed by atoms with Gasteiger partial charge < -0.3 is 0 Å². The molecule has 3 aromatic rings. The van der Waals surface area contributed by atoms with Crippen molar-refractivity contribution < 1.29 is 13.2 Å². The number of benzene rings is 1. The molecule has 0 N–H and O–H groups in total. The maximum Gasteiger partial charge on any atom is 0.452 e. The van der Waals surface area contributed by atoms with E-state index in [1.807, 2.05) is 0 Å². The van der Waals surface area contributed by atoms with E-state index in [0.29, 0.717) is 8.95 Å². The van der Waals surface area contributed by atoms with Gasteiger partial charge in [0.2, 0.25) is 5.82 Å². The van der Waals surface area contributed by atoms with Crippen LogP contribution in [-0.2, 0) is 6.18 Å². The molecule has 20 heavy (non-hydrogen) atoms. The van der Waals surface area contributed by atoms with Crippen LogP contribution in [0, 0.1) is 0 Å². The highest BCUT2D eigenvalue weighted by molar-refractivity contribution is 9.11. The molecule has 2 heterocycles. The molecule has 0 radical (unpaired) electrons. The second kappa shape index (κ2) is 4.54. The van der Waals surface area contributed by atoms with Gasteiger partial charge in [0.05, 0.1) is 5.52 Å². The van der Waals surface area contributed by atoms with E-state index in [0.717, 1.165) is 4.40 Å². The fourth-order valence-corrected chi connectivity index (χ4v) is 3.31. The molecule has 0 saturated carbocycles. The number of rotatable bonds is 0. The van der Waals surface area contributed by atoms with E-state index in [1.165, 1.54) is 6.07 Å². The van der Waals surface area contributed by atoms with Crippen LogP contribution < -0.4 is 0 Å². The summed E-state index contributed by atoms with van der Waals surface area (Å²) in [6.45, 7) is 0. The predicted molar refractivity (Wildman–Crippen MR) is 73.7 cm³/mol. The van der Waals surface area contributed by atoms with Crippen LogP contribution >= 0.6 is 43.5 Å². The molecule has 104 valence electrons. The topological polar surface area (TPSA) is 43.1 Å². The van der Waals surface area contributed by atoms with E-state index < -0.39 is 12.0 Å². The number of aromatic nitrogens is 4. The SMILES string of the molecule is FC(F)(F)c1nnc2c(Cl)nc3c(Br)cc(Br)cc3n12. The van der Waals surface area contributed by atoms with Crippen LogP contribution in [-0.4, -0.2) is 19.6 Å². The Morgan fingerprint density at radius 3 is 2.50 bits per heavy atom. The minimum atomic E-state index is -4.65. The van der Waals surface area contributed by atoms with Crippen molar-refractivity contribution in [2.45, 2.75) is 6.18 Å². The zero-order valence-electron chi connectivity index (χ0n) is 9.21. The number of alkyl halides is 3. The van der Waals surface area contributed by atoms with Gasteiger partial charge in [0, 0.05) is 8.95 Å². The van der Waals surface area contributed by atoms with E-state index in [-0.39, 0.29) is 21.8 Å². The molecule has 0 spiro atoms. The fraction of sp³-hybridized carbons (Fsp3) is 0.100. The third kappa shape index (κ3) is 2.08. The Labute approximate surface area is 131 Å². The summed E-state index contributed by atoms with van der Waals surface area (Å²) in [4.78, 5) is 4.05. The zero-order chi connectivity index (χ0) is 14.7. The zero-order valence-corrected chi connectivity index (χ0v) is 13.1. The lowest BCUT2D eigenvalue weighted by Crippen LogP contribution is -2.11. The number of nitrogens with zero attached hydrogens (tertiary/aromatic N) is 4. The van der Waals surface area contributed by atoms with Gasteiger partial charge in [-0.25, -0.2) is 4.98 Å². The van der Waals surface area contributed by atoms with Crippen LogP contribution in [0.25, 0.3) is 16.7 Å². The smallest absolute Gasteiger partial charge is 0.267 e. The highest BCUT2D eigenvalue weighted by Gasteiger charge is 2.38. The number of hydrogen-bond donors (Lipinski definition) is 0. The molecule has 4 nitrogen and oxygen atoms in total. The Balaban J connectivity index is 2.59. The molecule has 0 aliphatic carbocycles. The summed E-state index contributed by atoms with van der Waals surface area (Å²) >= 11 is 12.3. The van der Waals surface area contributed by atoms with Crippen LogP contribution in [0.4, 0.5) is 13.2 Å². The van der Waals surface area contributed by atoms with Gasteiger partial charge in [0.25, 0.3) is 0 Å². The molecule has 0 aliphatic rings. The summed E-state index contributed by atoms with van der Waals surface area (Å²) in [5.74, 6) is -1.15. The summed E-state index contributed by atoms with van der Waals surface area (Å²) in [6, 6.07) is 3.16. The molecule has 0 atom stereocenters. The third-order valence-corrected chi connectivity index (χ3v) is 3.88. The fourth-order valence-electron chi connectivity index (χ4n) is 1.81. The number of halogens is 6. The van der Waals surface area contributed by atoms with Crippen molar-refractivity contribution >= 4 is 60.1 Å². The van der Waals surface area contributed by atoms with Crippen LogP contribution in [0.5, 0.6) is 0 Å². The normalized spacial score (nSPS) is 12.5. The maximum atomic E-state index is 13.0. The predicted octanol–water partition coefficient (Wildman–Crippen LogP) is 4.47. The standard InChI is InChI=1S/C10H2Br2ClF3N4/c11-3-1-4(12)6-5(2-3)20-8(7(13)17-6)18-19-9(20)10(14,15)16/h1-2H. The van der Waals surface area contributed by atoms with Crippen molar-refractivity contribution in [3.8, 4) is 0 Å². The Hall–Kier alpha value is -0.930. The van der Waals surface area contributed by atoms with Gasteiger partial charge >= 0.3 is 6.18 Å². The Bertz CT molecular complexity index is 846. The monoisotopic (exact) mass is 428 g/mol. The van der Waals surface area contributed by atoms with Crippen molar-refractivity contribution in [2.24, 2.45) is 0 Å². The molecule has 1 aromatic carbocycles. The van der Waals surface area contributed by atoms with Gasteiger partial charge in [0.15, 0.2) is 10.8 Å². The largest absolute Gasteiger partial charge is 0.452 e. The van der Waals surface area contributed by atoms with Gasteiger partial charge in [-0.15, -0.1) is 10.2 Å². The molecule has 0 bridgehead atoms. The first-order valence-electron chi connectivity index (χ1n) is 5.05. The van der Waals surface area contributed by atoms with Crippen molar-refractivity contribution in [3.05, 3.63) is 32.1 Å². The first kappa shape index (κ1) is 14.0. The minimum Gasteiger partial charge on any atom is -0.267 e.